The lowest BCUT2D eigenvalue weighted by Crippen LogP contribution is -2.38. The fourth-order valence-electron chi connectivity index (χ4n) is 2.93. The van der Waals surface area contributed by atoms with E-state index >= 15 is 0 Å². The first kappa shape index (κ1) is 15.3. The van der Waals surface area contributed by atoms with Gasteiger partial charge in [-0.15, -0.1) is 0 Å². The van der Waals surface area contributed by atoms with Crippen molar-refractivity contribution in [1.82, 2.24) is 4.90 Å². The third kappa shape index (κ3) is 3.53. The van der Waals surface area contributed by atoms with Crippen molar-refractivity contribution in [2.75, 3.05) is 20.2 Å². The van der Waals surface area contributed by atoms with Gasteiger partial charge in [0.05, 0.1) is 7.11 Å². The monoisotopic (exact) mass is 276 g/mol. The maximum absolute atomic E-state index is 5.74. The zero-order valence-corrected chi connectivity index (χ0v) is 13.1. The molecule has 2 rings (SSSR count). The first-order valence-electron chi connectivity index (χ1n) is 7.68. The summed E-state index contributed by atoms with van der Waals surface area (Å²) in [7, 11) is 1.74. The van der Waals surface area contributed by atoms with Crippen LogP contribution in [0.2, 0.25) is 0 Å². The zero-order chi connectivity index (χ0) is 14.6. The van der Waals surface area contributed by atoms with Gasteiger partial charge in [-0.05, 0) is 49.0 Å². The van der Waals surface area contributed by atoms with E-state index in [2.05, 4.69) is 24.8 Å². The van der Waals surface area contributed by atoms with Crippen LogP contribution in [0.25, 0.3) is 0 Å². The Morgan fingerprint density at radius 3 is 2.55 bits per heavy atom. The van der Waals surface area contributed by atoms with E-state index in [1.807, 2.05) is 12.1 Å². The highest BCUT2D eigenvalue weighted by Gasteiger charge is 2.28. The molecule has 0 unspecified atom stereocenters. The van der Waals surface area contributed by atoms with Gasteiger partial charge in [0.2, 0.25) is 0 Å². The lowest BCUT2D eigenvalue weighted by Gasteiger charge is -2.39. The smallest absolute Gasteiger partial charge is 0.123 e. The van der Waals surface area contributed by atoms with E-state index in [1.165, 1.54) is 43.5 Å². The summed E-state index contributed by atoms with van der Waals surface area (Å²) >= 11 is 0. The van der Waals surface area contributed by atoms with Crippen LogP contribution in [-0.2, 0) is 13.1 Å². The lowest BCUT2D eigenvalue weighted by atomic mass is 9.78. The van der Waals surface area contributed by atoms with Crippen LogP contribution in [0.15, 0.2) is 18.2 Å². The second kappa shape index (κ2) is 6.59. The van der Waals surface area contributed by atoms with Crippen LogP contribution >= 0.6 is 0 Å². The molecule has 1 aromatic rings. The molecule has 0 spiro atoms. The van der Waals surface area contributed by atoms with Crippen LogP contribution in [0.1, 0.15) is 44.2 Å². The van der Waals surface area contributed by atoms with Gasteiger partial charge in [-0.3, -0.25) is 4.90 Å². The molecule has 3 heteroatoms. The average molecular weight is 276 g/mol. The standard InChI is InChI=1S/C17H28N2O/c1-4-17(2)7-9-19(10-8-17)13-15-11-14(12-18)5-6-16(15)20-3/h5-6,11H,4,7-10,12-13,18H2,1-3H3. The van der Waals surface area contributed by atoms with E-state index in [0.29, 0.717) is 12.0 Å². The molecule has 1 aliphatic heterocycles. The number of hydrogen-bond acceptors (Lipinski definition) is 3. The fraction of sp³-hybridized carbons (Fsp3) is 0.647. The summed E-state index contributed by atoms with van der Waals surface area (Å²) in [4.78, 5) is 2.54. The van der Waals surface area contributed by atoms with Gasteiger partial charge in [-0.2, -0.15) is 0 Å². The topological polar surface area (TPSA) is 38.5 Å². The fourth-order valence-corrected chi connectivity index (χ4v) is 2.93. The Balaban J connectivity index is 2.03. The Bertz CT molecular complexity index is 437. The Kier molecular flexibility index (Phi) is 5.06. The number of benzene rings is 1. The van der Waals surface area contributed by atoms with E-state index in [4.69, 9.17) is 10.5 Å². The molecule has 0 bridgehead atoms. The molecule has 20 heavy (non-hydrogen) atoms. The number of nitrogens with zero attached hydrogens (tertiary/aromatic N) is 1. The normalized spacial score (nSPS) is 19.0. The van der Waals surface area contributed by atoms with Crippen molar-refractivity contribution in [3.63, 3.8) is 0 Å². The van der Waals surface area contributed by atoms with Gasteiger partial charge in [-0.1, -0.05) is 26.3 Å². The van der Waals surface area contributed by atoms with E-state index in [1.54, 1.807) is 7.11 Å². The summed E-state index contributed by atoms with van der Waals surface area (Å²) in [5.74, 6) is 0.978. The molecule has 0 amide bonds. The van der Waals surface area contributed by atoms with Gasteiger partial charge < -0.3 is 10.5 Å². The summed E-state index contributed by atoms with van der Waals surface area (Å²) in [6.07, 6.45) is 3.87. The van der Waals surface area contributed by atoms with Crippen LogP contribution < -0.4 is 10.5 Å². The number of likely N-dealkylation sites (tertiary alicyclic amines) is 1. The van der Waals surface area contributed by atoms with Crippen LogP contribution in [0.3, 0.4) is 0 Å². The summed E-state index contributed by atoms with van der Waals surface area (Å²) in [6, 6.07) is 6.27. The second-order valence-corrected chi connectivity index (χ2v) is 6.29. The highest BCUT2D eigenvalue weighted by Crippen LogP contribution is 2.35. The predicted octanol–water partition coefficient (Wildman–Crippen LogP) is 3.17. The number of hydrogen-bond donors (Lipinski definition) is 1. The number of ether oxygens (including phenoxy) is 1. The Hall–Kier alpha value is -1.06. The van der Waals surface area contributed by atoms with E-state index < -0.39 is 0 Å². The van der Waals surface area contributed by atoms with Crippen molar-refractivity contribution in [2.45, 2.75) is 46.2 Å². The quantitative estimate of drug-likeness (QED) is 0.897. The largest absolute Gasteiger partial charge is 0.496 e. The molecule has 0 saturated carbocycles. The predicted molar refractivity (Wildman–Crippen MR) is 83.8 cm³/mol. The molecule has 1 saturated heterocycles. The van der Waals surface area contributed by atoms with E-state index in [-0.39, 0.29) is 0 Å². The third-order valence-corrected chi connectivity index (χ3v) is 4.89. The minimum Gasteiger partial charge on any atom is -0.496 e. The van der Waals surface area contributed by atoms with E-state index in [0.717, 1.165) is 12.3 Å². The molecule has 1 heterocycles. The van der Waals surface area contributed by atoms with Crippen molar-refractivity contribution >= 4 is 0 Å². The molecule has 0 aromatic heterocycles. The van der Waals surface area contributed by atoms with Gasteiger partial charge in [0, 0.05) is 18.7 Å². The van der Waals surface area contributed by atoms with Crippen molar-refractivity contribution in [1.29, 1.82) is 0 Å². The lowest BCUT2D eigenvalue weighted by molar-refractivity contribution is 0.109. The average Bonchev–Trinajstić information content (AvgIpc) is 2.49. The molecular weight excluding hydrogens is 248 g/mol. The SMILES string of the molecule is CCC1(C)CCN(Cc2cc(CN)ccc2OC)CC1. The molecule has 3 nitrogen and oxygen atoms in total. The molecule has 2 N–H and O–H groups in total. The van der Waals surface area contributed by atoms with Gasteiger partial charge in [0.15, 0.2) is 0 Å². The van der Waals surface area contributed by atoms with Crippen molar-refractivity contribution in [3.8, 4) is 5.75 Å². The zero-order valence-electron chi connectivity index (χ0n) is 13.1. The first-order chi connectivity index (χ1) is 9.60. The Morgan fingerprint density at radius 2 is 2.00 bits per heavy atom. The number of rotatable bonds is 5. The van der Waals surface area contributed by atoms with Crippen molar-refractivity contribution in [2.24, 2.45) is 11.1 Å². The van der Waals surface area contributed by atoms with Crippen LogP contribution in [0, 0.1) is 5.41 Å². The minimum atomic E-state index is 0.541. The highest BCUT2D eigenvalue weighted by atomic mass is 16.5. The number of nitrogens with two attached hydrogens (primary N) is 1. The second-order valence-electron chi connectivity index (χ2n) is 6.29. The Labute approximate surface area is 123 Å². The van der Waals surface area contributed by atoms with Gasteiger partial charge in [0.25, 0.3) is 0 Å². The summed E-state index contributed by atoms with van der Waals surface area (Å²) < 4.78 is 5.48. The molecule has 1 aliphatic rings. The van der Waals surface area contributed by atoms with Crippen molar-refractivity contribution < 1.29 is 4.74 Å². The van der Waals surface area contributed by atoms with Crippen LogP contribution in [-0.4, -0.2) is 25.1 Å². The van der Waals surface area contributed by atoms with Gasteiger partial charge in [-0.25, -0.2) is 0 Å². The number of methoxy groups -OCH3 is 1. The number of piperidine rings is 1. The molecule has 112 valence electrons. The molecule has 0 atom stereocenters. The maximum atomic E-state index is 5.74. The molecule has 1 aromatic carbocycles. The van der Waals surface area contributed by atoms with Crippen molar-refractivity contribution in [3.05, 3.63) is 29.3 Å². The molecular formula is C17H28N2O. The van der Waals surface area contributed by atoms with Crippen LogP contribution in [0.4, 0.5) is 0 Å². The first-order valence-corrected chi connectivity index (χ1v) is 7.68. The Morgan fingerprint density at radius 1 is 1.30 bits per heavy atom. The molecule has 0 radical (unpaired) electrons. The van der Waals surface area contributed by atoms with Crippen LogP contribution in [0.5, 0.6) is 5.75 Å². The molecule has 0 aliphatic carbocycles. The maximum Gasteiger partial charge on any atom is 0.123 e. The minimum absolute atomic E-state index is 0.541. The highest BCUT2D eigenvalue weighted by molar-refractivity contribution is 5.37. The summed E-state index contributed by atoms with van der Waals surface area (Å²) in [6.45, 7) is 8.64. The van der Waals surface area contributed by atoms with Gasteiger partial charge in [0.1, 0.15) is 5.75 Å². The molecule has 1 fully saturated rings. The van der Waals surface area contributed by atoms with E-state index in [9.17, 15) is 0 Å². The van der Waals surface area contributed by atoms with Gasteiger partial charge >= 0.3 is 0 Å². The third-order valence-electron chi connectivity index (χ3n) is 4.89. The summed E-state index contributed by atoms with van der Waals surface area (Å²) in [5, 5.41) is 0. The summed E-state index contributed by atoms with van der Waals surface area (Å²) in [5.41, 5.74) is 8.72.